The van der Waals surface area contributed by atoms with Crippen molar-refractivity contribution in [2.75, 3.05) is 17.2 Å². The minimum Gasteiger partial charge on any atom is -0.398 e. The number of fused-ring (bicyclic) bond motifs is 1. The molecule has 2 heterocycles. The van der Waals surface area contributed by atoms with Gasteiger partial charge in [0.25, 0.3) is 0 Å². The van der Waals surface area contributed by atoms with Gasteiger partial charge >= 0.3 is 0 Å². The van der Waals surface area contributed by atoms with Crippen LogP contribution in [-0.4, -0.2) is 15.9 Å². The van der Waals surface area contributed by atoms with Gasteiger partial charge < -0.3 is 10.6 Å². The lowest BCUT2D eigenvalue weighted by Crippen LogP contribution is -2.30. The number of benzene rings is 1. The summed E-state index contributed by atoms with van der Waals surface area (Å²) in [5, 5.41) is 0.994. The maximum Gasteiger partial charge on any atom is 0.205 e. The van der Waals surface area contributed by atoms with Crippen molar-refractivity contribution in [3.8, 4) is 0 Å². The molecule has 0 amide bonds. The SMILES string of the molecule is Nc1cccc2c1CCN(c1ncns1)C2. The van der Waals surface area contributed by atoms with E-state index < -0.39 is 0 Å². The molecule has 1 aliphatic heterocycles. The van der Waals surface area contributed by atoms with Crippen molar-refractivity contribution in [1.82, 2.24) is 9.36 Å². The van der Waals surface area contributed by atoms with Gasteiger partial charge in [0.2, 0.25) is 5.13 Å². The predicted molar refractivity (Wildman–Crippen MR) is 65.5 cm³/mol. The van der Waals surface area contributed by atoms with Gasteiger partial charge in [-0.1, -0.05) is 12.1 Å². The Bertz CT molecular complexity index is 495. The molecule has 0 saturated heterocycles. The van der Waals surface area contributed by atoms with Crippen molar-refractivity contribution in [3.05, 3.63) is 35.7 Å². The fraction of sp³-hybridized carbons (Fsp3) is 0.273. The lowest BCUT2D eigenvalue weighted by Gasteiger charge is -2.28. The second kappa shape index (κ2) is 3.75. The van der Waals surface area contributed by atoms with E-state index in [2.05, 4.69) is 20.3 Å². The van der Waals surface area contributed by atoms with Crippen LogP contribution in [0.15, 0.2) is 24.5 Å². The molecular weight excluding hydrogens is 220 g/mol. The molecule has 4 nitrogen and oxygen atoms in total. The van der Waals surface area contributed by atoms with Gasteiger partial charge in [-0.3, -0.25) is 0 Å². The first-order valence-electron chi connectivity index (χ1n) is 5.22. The minimum atomic E-state index is 0.884. The highest BCUT2D eigenvalue weighted by Crippen LogP contribution is 2.27. The smallest absolute Gasteiger partial charge is 0.205 e. The number of hydrogen-bond acceptors (Lipinski definition) is 5. The molecule has 0 unspecified atom stereocenters. The molecule has 1 aliphatic rings. The molecule has 0 spiro atoms. The molecule has 16 heavy (non-hydrogen) atoms. The van der Waals surface area contributed by atoms with Crippen LogP contribution in [-0.2, 0) is 13.0 Å². The van der Waals surface area contributed by atoms with Gasteiger partial charge in [-0.25, -0.2) is 4.98 Å². The van der Waals surface area contributed by atoms with E-state index in [1.54, 1.807) is 6.33 Å². The highest BCUT2D eigenvalue weighted by molar-refractivity contribution is 7.09. The lowest BCUT2D eigenvalue weighted by atomic mass is 9.98. The molecule has 0 radical (unpaired) electrons. The fourth-order valence-corrected chi connectivity index (χ4v) is 2.66. The monoisotopic (exact) mass is 232 g/mol. The molecule has 1 aromatic heterocycles. The summed E-state index contributed by atoms with van der Waals surface area (Å²) in [6.07, 6.45) is 2.59. The Morgan fingerprint density at radius 1 is 1.38 bits per heavy atom. The Morgan fingerprint density at radius 2 is 2.31 bits per heavy atom. The molecule has 3 rings (SSSR count). The molecular formula is C11H12N4S. The van der Waals surface area contributed by atoms with E-state index in [-0.39, 0.29) is 0 Å². The summed E-state index contributed by atoms with van der Waals surface area (Å²) in [5.41, 5.74) is 9.47. The third-order valence-corrected chi connectivity index (χ3v) is 3.65. The van der Waals surface area contributed by atoms with Crippen LogP contribution in [0.4, 0.5) is 10.8 Å². The third kappa shape index (κ3) is 1.53. The van der Waals surface area contributed by atoms with Crippen LogP contribution >= 0.6 is 11.5 Å². The molecule has 0 bridgehead atoms. The quantitative estimate of drug-likeness (QED) is 0.760. The number of rotatable bonds is 1. The molecule has 1 aromatic carbocycles. The van der Waals surface area contributed by atoms with Gasteiger partial charge in [0, 0.05) is 30.3 Å². The second-order valence-electron chi connectivity index (χ2n) is 3.88. The Labute approximate surface area is 97.9 Å². The number of anilines is 2. The van der Waals surface area contributed by atoms with Gasteiger partial charge in [-0.05, 0) is 23.6 Å². The van der Waals surface area contributed by atoms with Crippen molar-refractivity contribution in [1.29, 1.82) is 0 Å². The minimum absolute atomic E-state index is 0.884. The first-order chi connectivity index (χ1) is 7.84. The van der Waals surface area contributed by atoms with E-state index in [4.69, 9.17) is 5.73 Å². The molecule has 0 aliphatic carbocycles. The van der Waals surface area contributed by atoms with Crippen molar-refractivity contribution in [2.24, 2.45) is 0 Å². The van der Waals surface area contributed by atoms with E-state index in [0.29, 0.717) is 0 Å². The Kier molecular flexibility index (Phi) is 2.25. The summed E-state index contributed by atoms with van der Waals surface area (Å²) in [6.45, 7) is 1.85. The topological polar surface area (TPSA) is 55.0 Å². The van der Waals surface area contributed by atoms with Gasteiger partial charge in [-0.15, -0.1) is 0 Å². The number of nitrogens with two attached hydrogens (primary N) is 1. The number of hydrogen-bond donors (Lipinski definition) is 1. The highest BCUT2D eigenvalue weighted by Gasteiger charge is 2.19. The van der Waals surface area contributed by atoms with E-state index in [1.807, 2.05) is 12.1 Å². The summed E-state index contributed by atoms with van der Waals surface area (Å²) in [7, 11) is 0. The maximum atomic E-state index is 5.96. The van der Waals surface area contributed by atoms with Gasteiger partial charge in [0.1, 0.15) is 6.33 Å². The molecule has 82 valence electrons. The van der Waals surface area contributed by atoms with Gasteiger partial charge in [0.05, 0.1) is 0 Å². The first-order valence-corrected chi connectivity index (χ1v) is 6.00. The second-order valence-corrected chi connectivity index (χ2v) is 4.64. The maximum absolute atomic E-state index is 5.96. The van der Waals surface area contributed by atoms with Crippen molar-refractivity contribution >= 4 is 22.4 Å². The van der Waals surface area contributed by atoms with Crippen molar-refractivity contribution < 1.29 is 0 Å². The van der Waals surface area contributed by atoms with Crippen LogP contribution in [0.3, 0.4) is 0 Å². The zero-order valence-electron chi connectivity index (χ0n) is 8.76. The zero-order valence-corrected chi connectivity index (χ0v) is 9.57. The predicted octanol–water partition coefficient (Wildman–Crippen LogP) is 1.68. The molecule has 2 aromatic rings. The largest absolute Gasteiger partial charge is 0.398 e. The standard InChI is InChI=1S/C11H12N4S/c12-10-3-1-2-8-6-15(5-4-9(8)10)11-13-7-14-16-11/h1-3,7H,4-6,12H2. The Morgan fingerprint density at radius 3 is 3.12 bits per heavy atom. The zero-order chi connectivity index (χ0) is 11.0. The molecule has 0 atom stereocenters. The van der Waals surface area contributed by atoms with Crippen LogP contribution < -0.4 is 10.6 Å². The normalized spacial score (nSPS) is 14.9. The van der Waals surface area contributed by atoms with Crippen molar-refractivity contribution in [2.45, 2.75) is 13.0 Å². The Balaban J connectivity index is 1.92. The van der Waals surface area contributed by atoms with E-state index in [9.17, 15) is 0 Å². The average molecular weight is 232 g/mol. The molecule has 0 saturated carbocycles. The van der Waals surface area contributed by atoms with Crippen LogP contribution in [0.2, 0.25) is 0 Å². The third-order valence-electron chi connectivity index (χ3n) is 2.92. The van der Waals surface area contributed by atoms with Gasteiger partial charge in [-0.2, -0.15) is 4.37 Å². The van der Waals surface area contributed by atoms with E-state index >= 15 is 0 Å². The van der Waals surface area contributed by atoms with Crippen LogP contribution in [0, 0.1) is 0 Å². The fourth-order valence-electron chi connectivity index (χ4n) is 2.11. The van der Waals surface area contributed by atoms with E-state index in [0.717, 1.165) is 30.3 Å². The highest BCUT2D eigenvalue weighted by atomic mass is 32.1. The van der Waals surface area contributed by atoms with Gasteiger partial charge in [0.15, 0.2) is 0 Å². The van der Waals surface area contributed by atoms with Crippen molar-refractivity contribution in [3.63, 3.8) is 0 Å². The lowest BCUT2D eigenvalue weighted by molar-refractivity contribution is 0.730. The van der Waals surface area contributed by atoms with E-state index in [1.165, 1.54) is 22.7 Å². The van der Waals surface area contributed by atoms with Crippen LogP contribution in [0.5, 0.6) is 0 Å². The molecule has 0 fully saturated rings. The number of nitrogen functional groups attached to an aromatic ring is 1. The van der Waals surface area contributed by atoms with Crippen LogP contribution in [0.25, 0.3) is 0 Å². The summed E-state index contributed by atoms with van der Waals surface area (Å²) in [5.74, 6) is 0. The first kappa shape index (κ1) is 9.59. The summed E-state index contributed by atoms with van der Waals surface area (Å²) in [6, 6.07) is 6.12. The summed E-state index contributed by atoms with van der Waals surface area (Å²) < 4.78 is 4.04. The summed E-state index contributed by atoms with van der Waals surface area (Å²) >= 11 is 1.44. The molecule has 5 heteroatoms. The number of nitrogens with zero attached hydrogens (tertiary/aromatic N) is 3. The van der Waals surface area contributed by atoms with Crippen LogP contribution in [0.1, 0.15) is 11.1 Å². The average Bonchev–Trinajstić information content (AvgIpc) is 2.82. The number of aromatic nitrogens is 2. The summed E-state index contributed by atoms with van der Waals surface area (Å²) in [4.78, 5) is 6.49. The Hall–Kier alpha value is -1.62. The molecule has 2 N–H and O–H groups in total.